The lowest BCUT2D eigenvalue weighted by Crippen LogP contribution is -2.34. The number of nitro groups is 1. The van der Waals surface area contributed by atoms with E-state index in [-0.39, 0.29) is 23.8 Å². The fourth-order valence-corrected chi connectivity index (χ4v) is 4.30. The Morgan fingerprint density at radius 3 is 2.72 bits per heavy atom. The largest absolute Gasteiger partial charge is 0.488 e. The van der Waals surface area contributed by atoms with Crippen molar-refractivity contribution in [3.05, 3.63) is 72.2 Å². The Labute approximate surface area is 201 Å². The first-order chi connectivity index (χ1) is 15.3. The Morgan fingerprint density at radius 2 is 2.03 bits per heavy atom. The Hall–Kier alpha value is -2.93. The van der Waals surface area contributed by atoms with Gasteiger partial charge in [-0.05, 0) is 70.6 Å². The van der Waals surface area contributed by atoms with E-state index in [0.717, 1.165) is 20.2 Å². The molecule has 2 amide bonds. The number of nitro benzene ring substituents is 1. The van der Waals surface area contributed by atoms with E-state index in [1.165, 1.54) is 12.1 Å². The molecule has 0 N–H and O–H groups in total. The van der Waals surface area contributed by atoms with Gasteiger partial charge in [0.05, 0.1) is 20.0 Å². The van der Waals surface area contributed by atoms with Gasteiger partial charge < -0.3 is 9.47 Å². The van der Waals surface area contributed by atoms with Crippen LogP contribution in [-0.4, -0.2) is 40.1 Å². The minimum Gasteiger partial charge on any atom is -0.488 e. The highest BCUT2D eigenvalue weighted by molar-refractivity contribution is 14.1. The van der Waals surface area contributed by atoms with E-state index in [2.05, 4.69) is 22.6 Å². The van der Waals surface area contributed by atoms with Crippen molar-refractivity contribution in [1.29, 1.82) is 0 Å². The van der Waals surface area contributed by atoms with Gasteiger partial charge in [0.25, 0.3) is 16.8 Å². The first-order valence-electron chi connectivity index (χ1n) is 9.35. The monoisotopic (exact) mass is 568 g/mol. The van der Waals surface area contributed by atoms with Gasteiger partial charge in [0.15, 0.2) is 0 Å². The number of nitrogens with zero attached hydrogens (tertiary/aromatic N) is 2. The summed E-state index contributed by atoms with van der Waals surface area (Å²) in [5.41, 5.74) is 1.33. The van der Waals surface area contributed by atoms with Gasteiger partial charge in [-0.15, -0.1) is 0 Å². The third-order valence-electron chi connectivity index (χ3n) is 4.24. The van der Waals surface area contributed by atoms with E-state index in [0.29, 0.717) is 16.9 Å². The van der Waals surface area contributed by atoms with E-state index < -0.39 is 28.6 Å². The average Bonchev–Trinajstić information content (AvgIpc) is 3.01. The summed E-state index contributed by atoms with van der Waals surface area (Å²) >= 11 is 2.84. The Bertz CT molecular complexity index is 1120. The second-order valence-electron chi connectivity index (χ2n) is 6.48. The fourth-order valence-electron chi connectivity index (χ4n) is 2.77. The van der Waals surface area contributed by atoms with Gasteiger partial charge in [-0.3, -0.25) is 29.4 Å². The van der Waals surface area contributed by atoms with Crippen molar-refractivity contribution in [3.8, 4) is 5.75 Å². The topological polar surface area (TPSA) is 116 Å². The summed E-state index contributed by atoms with van der Waals surface area (Å²) in [7, 11) is 0. The molecular weight excluding hydrogens is 551 g/mol. The van der Waals surface area contributed by atoms with Crippen LogP contribution >= 0.6 is 34.4 Å². The molecule has 3 rings (SSSR count). The number of benzene rings is 2. The predicted molar refractivity (Wildman–Crippen MR) is 126 cm³/mol. The minimum absolute atomic E-state index is 0.00644. The predicted octanol–water partition coefficient (Wildman–Crippen LogP) is 4.38. The Morgan fingerprint density at radius 1 is 1.25 bits per heavy atom. The lowest BCUT2D eigenvalue weighted by Gasteiger charge is -2.11. The zero-order valence-electron chi connectivity index (χ0n) is 16.8. The molecule has 0 aromatic heterocycles. The SMILES string of the molecule is CCOC(=O)CN1C(=O)S/C(=C/c2ccc(OCc3cccc([N+](=O)[O-])c3)c(I)c2)C1=O. The number of ether oxygens (including phenoxy) is 2. The minimum atomic E-state index is -0.643. The summed E-state index contributed by atoms with van der Waals surface area (Å²) in [4.78, 5) is 47.7. The first kappa shape index (κ1) is 23.7. The van der Waals surface area contributed by atoms with Gasteiger partial charge in [-0.2, -0.15) is 0 Å². The third kappa shape index (κ3) is 5.85. The molecule has 166 valence electrons. The number of carbonyl (C=O) groups excluding carboxylic acids is 3. The number of carbonyl (C=O) groups is 3. The van der Waals surface area contributed by atoms with Crippen molar-refractivity contribution in [3.63, 3.8) is 0 Å². The van der Waals surface area contributed by atoms with Gasteiger partial charge >= 0.3 is 5.97 Å². The van der Waals surface area contributed by atoms with Crippen LogP contribution in [0.3, 0.4) is 0 Å². The van der Waals surface area contributed by atoms with Crippen LogP contribution in [-0.2, 0) is 20.9 Å². The Kier molecular flexibility index (Phi) is 7.85. The molecule has 1 aliphatic heterocycles. The molecule has 32 heavy (non-hydrogen) atoms. The molecule has 0 saturated carbocycles. The number of halogens is 1. The molecule has 0 radical (unpaired) electrons. The van der Waals surface area contributed by atoms with Crippen LogP contribution in [0.25, 0.3) is 6.08 Å². The summed E-state index contributed by atoms with van der Waals surface area (Å²) in [6.45, 7) is 1.55. The Balaban J connectivity index is 1.68. The lowest BCUT2D eigenvalue weighted by molar-refractivity contribution is -0.384. The molecule has 0 spiro atoms. The maximum Gasteiger partial charge on any atom is 0.326 e. The summed E-state index contributed by atoms with van der Waals surface area (Å²) in [6, 6.07) is 11.4. The van der Waals surface area contributed by atoms with Crippen LogP contribution < -0.4 is 4.74 Å². The maximum absolute atomic E-state index is 12.5. The van der Waals surface area contributed by atoms with E-state index in [4.69, 9.17) is 9.47 Å². The van der Waals surface area contributed by atoms with Gasteiger partial charge in [-0.1, -0.05) is 18.2 Å². The van der Waals surface area contributed by atoms with Gasteiger partial charge in [0.2, 0.25) is 0 Å². The summed E-state index contributed by atoms with van der Waals surface area (Å²) < 4.78 is 11.3. The van der Waals surface area contributed by atoms with Crippen LogP contribution in [0.2, 0.25) is 0 Å². The van der Waals surface area contributed by atoms with E-state index in [1.54, 1.807) is 43.3 Å². The van der Waals surface area contributed by atoms with Crippen LogP contribution in [0.5, 0.6) is 5.75 Å². The standard InChI is InChI=1S/C21H17IN2O7S/c1-2-30-19(25)11-23-20(26)18(32-21(23)27)10-13-6-7-17(16(22)9-13)31-12-14-4-3-5-15(8-14)24(28)29/h3-10H,2,11-12H2,1H3/b18-10+. The molecular formula is C21H17IN2O7S. The molecule has 0 bridgehead atoms. The van der Waals surface area contributed by atoms with Crippen molar-refractivity contribution >= 4 is 63.2 Å². The van der Waals surface area contributed by atoms with Gasteiger partial charge in [0.1, 0.15) is 18.9 Å². The second-order valence-corrected chi connectivity index (χ2v) is 8.63. The van der Waals surface area contributed by atoms with Crippen LogP contribution in [0.1, 0.15) is 18.1 Å². The highest BCUT2D eigenvalue weighted by Gasteiger charge is 2.36. The molecule has 1 aliphatic rings. The second kappa shape index (κ2) is 10.6. The van der Waals surface area contributed by atoms with Crippen LogP contribution in [0.4, 0.5) is 10.5 Å². The number of hydrogen-bond donors (Lipinski definition) is 0. The zero-order chi connectivity index (χ0) is 23.3. The third-order valence-corrected chi connectivity index (χ3v) is 5.99. The van der Waals surface area contributed by atoms with Gasteiger partial charge in [-0.25, -0.2) is 0 Å². The molecule has 2 aromatic rings. The fraction of sp³-hybridized carbons (Fsp3) is 0.190. The maximum atomic E-state index is 12.5. The molecule has 1 fully saturated rings. The van der Waals surface area contributed by atoms with Crippen LogP contribution in [0, 0.1) is 13.7 Å². The summed E-state index contributed by atoms with van der Waals surface area (Å²) in [5.74, 6) is -0.616. The number of rotatable bonds is 8. The number of non-ortho nitro benzene ring substituents is 1. The number of amides is 2. The lowest BCUT2D eigenvalue weighted by atomic mass is 10.2. The van der Waals surface area contributed by atoms with E-state index in [1.807, 2.05) is 0 Å². The number of imide groups is 1. The van der Waals surface area contributed by atoms with Crippen molar-refractivity contribution < 1.29 is 28.8 Å². The van der Waals surface area contributed by atoms with Gasteiger partial charge in [0, 0.05) is 12.1 Å². The zero-order valence-corrected chi connectivity index (χ0v) is 19.8. The normalized spacial score (nSPS) is 14.7. The number of thioether (sulfide) groups is 1. The summed E-state index contributed by atoms with van der Waals surface area (Å²) in [5, 5.41) is 10.4. The van der Waals surface area contributed by atoms with Crippen molar-refractivity contribution in [2.45, 2.75) is 13.5 Å². The molecule has 11 heteroatoms. The number of hydrogen-bond acceptors (Lipinski definition) is 8. The highest BCUT2D eigenvalue weighted by atomic mass is 127. The van der Waals surface area contributed by atoms with Crippen LogP contribution in [0.15, 0.2) is 47.4 Å². The van der Waals surface area contributed by atoms with E-state index in [9.17, 15) is 24.5 Å². The molecule has 0 aliphatic carbocycles. The molecule has 0 unspecified atom stereocenters. The smallest absolute Gasteiger partial charge is 0.326 e. The quantitative estimate of drug-likeness (QED) is 0.152. The number of esters is 1. The summed E-state index contributed by atoms with van der Waals surface area (Å²) in [6.07, 6.45) is 1.57. The molecule has 2 aromatic carbocycles. The van der Waals surface area contributed by atoms with Crippen molar-refractivity contribution in [2.24, 2.45) is 0 Å². The van der Waals surface area contributed by atoms with Crippen molar-refractivity contribution in [1.82, 2.24) is 4.90 Å². The van der Waals surface area contributed by atoms with E-state index >= 15 is 0 Å². The molecule has 1 saturated heterocycles. The highest BCUT2D eigenvalue weighted by Crippen LogP contribution is 2.33. The molecule has 9 nitrogen and oxygen atoms in total. The molecule has 0 atom stereocenters. The van der Waals surface area contributed by atoms with Crippen molar-refractivity contribution in [2.75, 3.05) is 13.2 Å². The average molecular weight is 568 g/mol. The first-order valence-corrected chi connectivity index (χ1v) is 11.2. The molecule has 1 heterocycles.